The van der Waals surface area contributed by atoms with Gasteiger partial charge in [-0.2, -0.15) is 5.10 Å². The predicted molar refractivity (Wildman–Crippen MR) is 103 cm³/mol. The van der Waals surface area contributed by atoms with E-state index in [-0.39, 0.29) is 12.5 Å². The number of amides is 1. The van der Waals surface area contributed by atoms with E-state index in [1.807, 2.05) is 25.1 Å². The molecular formula is C21H28N4O2. The Morgan fingerprint density at radius 2 is 2.22 bits per heavy atom. The minimum Gasteiger partial charge on any atom is -0.379 e. The predicted octanol–water partition coefficient (Wildman–Crippen LogP) is 1.85. The van der Waals surface area contributed by atoms with Crippen LogP contribution in [0.5, 0.6) is 0 Å². The van der Waals surface area contributed by atoms with E-state index < -0.39 is 5.60 Å². The van der Waals surface area contributed by atoms with Crippen LogP contribution in [0.3, 0.4) is 0 Å². The molecule has 0 spiro atoms. The van der Waals surface area contributed by atoms with Crippen LogP contribution in [0.4, 0.5) is 0 Å². The number of fused-ring (bicyclic) bond motifs is 1. The Labute approximate surface area is 160 Å². The van der Waals surface area contributed by atoms with Gasteiger partial charge in [-0.1, -0.05) is 29.8 Å². The fourth-order valence-corrected chi connectivity index (χ4v) is 4.33. The summed E-state index contributed by atoms with van der Waals surface area (Å²) >= 11 is 0. The van der Waals surface area contributed by atoms with Gasteiger partial charge in [-0.3, -0.25) is 9.89 Å². The number of hydrogen-bond donors (Lipinski definition) is 3. The lowest BCUT2D eigenvalue weighted by Gasteiger charge is -2.38. The van der Waals surface area contributed by atoms with Gasteiger partial charge in [0, 0.05) is 31.9 Å². The van der Waals surface area contributed by atoms with E-state index in [0.717, 1.165) is 30.5 Å². The largest absolute Gasteiger partial charge is 0.379 e. The van der Waals surface area contributed by atoms with Crippen LogP contribution in [0, 0.1) is 6.92 Å². The number of aryl methyl sites for hydroxylation is 2. The summed E-state index contributed by atoms with van der Waals surface area (Å²) in [6, 6.07) is 8.18. The highest BCUT2D eigenvalue weighted by Gasteiger charge is 2.41. The van der Waals surface area contributed by atoms with Gasteiger partial charge in [-0.05, 0) is 50.2 Å². The van der Waals surface area contributed by atoms with Crippen molar-refractivity contribution < 1.29 is 9.90 Å². The molecule has 27 heavy (non-hydrogen) atoms. The van der Waals surface area contributed by atoms with Gasteiger partial charge in [0.25, 0.3) is 5.91 Å². The fourth-order valence-electron chi connectivity index (χ4n) is 4.33. The smallest absolute Gasteiger partial charge is 0.256 e. The Bertz CT molecular complexity index is 831. The molecule has 2 heterocycles. The minimum absolute atomic E-state index is 0.171. The number of carbonyl (C=O) groups is 1. The summed E-state index contributed by atoms with van der Waals surface area (Å²) in [5, 5.41) is 21.7. The second kappa shape index (κ2) is 7.44. The number of hydrogen-bond acceptors (Lipinski definition) is 4. The lowest BCUT2D eigenvalue weighted by molar-refractivity contribution is -0.157. The molecule has 0 radical (unpaired) electrons. The number of nitrogens with one attached hydrogen (secondary N) is 2. The van der Waals surface area contributed by atoms with Crippen LogP contribution in [-0.4, -0.2) is 44.8 Å². The Balaban J connectivity index is 1.37. The van der Waals surface area contributed by atoms with Crippen molar-refractivity contribution in [2.45, 2.75) is 57.7 Å². The van der Waals surface area contributed by atoms with Crippen LogP contribution >= 0.6 is 0 Å². The van der Waals surface area contributed by atoms with E-state index in [2.05, 4.69) is 21.6 Å². The van der Waals surface area contributed by atoms with Crippen LogP contribution in [0.1, 0.15) is 47.3 Å². The lowest BCUT2D eigenvalue weighted by Crippen LogP contribution is -2.57. The zero-order chi connectivity index (χ0) is 18.9. The highest BCUT2D eigenvalue weighted by molar-refractivity contribution is 5.86. The van der Waals surface area contributed by atoms with Crippen molar-refractivity contribution in [3.63, 3.8) is 0 Å². The molecule has 0 bridgehead atoms. The van der Waals surface area contributed by atoms with E-state index in [1.165, 1.54) is 23.2 Å². The maximum Gasteiger partial charge on any atom is 0.256 e. The number of H-pyrrole nitrogens is 1. The monoisotopic (exact) mass is 368 g/mol. The van der Waals surface area contributed by atoms with E-state index in [1.54, 1.807) is 4.90 Å². The van der Waals surface area contributed by atoms with Crippen LogP contribution in [0.2, 0.25) is 0 Å². The molecule has 4 rings (SSSR count). The van der Waals surface area contributed by atoms with Gasteiger partial charge in [0.05, 0.1) is 5.69 Å². The maximum atomic E-state index is 12.9. The molecule has 1 aromatic carbocycles. The number of aromatic amines is 1. The Kier molecular flexibility index (Phi) is 5.02. The normalized spacial score (nSPS) is 22.3. The van der Waals surface area contributed by atoms with Crippen molar-refractivity contribution in [2.24, 2.45) is 0 Å². The van der Waals surface area contributed by atoms with Crippen LogP contribution in [0.15, 0.2) is 24.3 Å². The molecule has 1 amide bonds. The van der Waals surface area contributed by atoms with E-state index in [4.69, 9.17) is 0 Å². The van der Waals surface area contributed by atoms with Crippen molar-refractivity contribution in [1.29, 1.82) is 0 Å². The zero-order valence-corrected chi connectivity index (χ0v) is 15.9. The molecule has 1 atom stereocenters. The Hall–Kier alpha value is -2.18. The molecule has 6 heteroatoms. The maximum absolute atomic E-state index is 12.9. The SMILES string of the molecule is Cc1cccc(CN2CCC[C@](O)(CNCc3n[nH]c4c3CCC4)C2=O)c1. The molecule has 1 saturated heterocycles. The summed E-state index contributed by atoms with van der Waals surface area (Å²) in [6.07, 6.45) is 4.62. The van der Waals surface area contributed by atoms with Crippen molar-refractivity contribution in [1.82, 2.24) is 20.4 Å². The van der Waals surface area contributed by atoms with Crippen LogP contribution in [0.25, 0.3) is 0 Å². The number of likely N-dealkylation sites (tertiary alicyclic amines) is 1. The third-order valence-corrected chi connectivity index (χ3v) is 5.76. The first-order chi connectivity index (χ1) is 13.0. The number of nitrogens with zero attached hydrogens (tertiary/aromatic N) is 2. The average Bonchev–Trinajstić information content (AvgIpc) is 3.24. The summed E-state index contributed by atoms with van der Waals surface area (Å²) in [5.74, 6) is -0.171. The number of carbonyl (C=O) groups excluding carboxylic acids is 1. The quantitative estimate of drug-likeness (QED) is 0.727. The molecule has 1 aromatic heterocycles. The van der Waals surface area contributed by atoms with Gasteiger partial charge in [0.15, 0.2) is 5.60 Å². The second-order valence-electron chi connectivity index (χ2n) is 7.94. The van der Waals surface area contributed by atoms with Crippen molar-refractivity contribution in [3.8, 4) is 0 Å². The lowest BCUT2D eigenvalue weighted by atomic mass is 9.91. The number of piperidine rings is 1. The molecule has 1 fully saturated rings. The fraction of sp³-hybridized carbons (Fsp3) is 0.524. The third-order valence-electron chi connectivity index (χ3n) is 5.76. The standard InChI is InChI=1S/C21H28N4O2/c1-15-5-2-6-16(11-15)13-25-10-4-9-21(27,20(25)26)14-22-12-19-17-7-3-8-18(17)23-24-19/h2,5-6,11,22,27H,3-4,7-10,12-14H2,1H3,(H,23,24)/t21-/m0/s1. The second-order valence-corrected chi connectivity index (χ2v) is 7.94. The summed E-state index contributed by atoms with van der Waals surface area (Å²) in [4.78, 5) is 14.7. The number of benzene rings is 1. The summed E-state index contributed by atoms with van der Waals surface area (Å²) in [5.41, 5.74) is 4.52. The highest BCUT2D eigenvalue weighted by atomic mass is 16.3. The summed E-state index contributed by atoms with van der Waals surface area (Å²) in [6.45, 7) is 4.14. The first-order valence-electron chi connectivity index (χ1n) is 9.88. The number of aliphatic hydroxyl groups is 1. The summed E-state index contributed by atoms with van der Waals surface area (Å²) in [7, 11) is 0. The van der Waals surface area contributed by atoms with Crippen molar-refractivity contribution in [3.05, 3.63) is 52.3 Å². The van der Waals surface area contributed by atoms with Gasteiger partial charge >= 0.3 is 0 Å². The molecule has 6 nitrogen and oxygen atoms in total. The zero-order valence-electron chi connectivity index (χ0n) is 15.9. The molecule has 0 saturated carbocycles. The molecule has 2 aliphatic rings. The van der Waals surface area contributed by atoms with Gasteiger partial charge in [-0.25, -0.2) is 0 Å². The summed E-state index contributed by atoms with van der Waals surface area (Å²) < 4.78 is 0. The molecule has 0 unspecified atom stereocenters. The molecule has 2 aromatic rings. The first-order valence-corrected chi connectivity index (χ1v) is 9.88. The minimum atomic E-state index is -1.33. The van der Waals surface area contributed by atoms with Crippen LogP contribution in [-0.2, 0) is 30.7 Å². The Morgan fingerprint density at radius 3 is 3.07 bits per heavy atom. The van der Waals surface area contributed by atoms with Crippen molar-refractivity contribution >= 4 is 5.91 Å². The highest BCUT2D eigenvalue weighted by Crippen LogP contribution is 2.25. The molecule has 1 aliphatic heterocycles. The van der Waals surface area contributed by atoms with E-state index in [9.17, 15) is 9.90 Å². The van der Waals surface area contributed by atoms with Gasteiger partial charge < -0.3 is 15.3 Å². The molecule has 144 valence electrons. The third kappa shape index (κ3) is 3.77. The number of aromatic nitrogens is 2. The van der Waals surface area contributed by atoms with Gasteiger partial charge in [-0.15, -0.1) is 0 Å². The first kappa shape index (κ1) is 18.2. The van der Waals surface area contributed by atoms with Crippen LogP contribution < -0.4 is 5.32 Å². The Morgan fingerprint density at radius 1 is 1.33 bits per heavy atom. The van der Waals surface area contributed by atoms with Crippen molar-refractivity contribution in [2.75, 3.05) is 13.1 Å². The van der Waals surface area contributed by atoms with Gasteiger partial charge in [0.2, 0.25) is 0 Å². The topological polar surface area (TPSA) is 81.2 Å². The number of rotatable bonds is 6. The average molecular weight is 368 g/mol. The molecule has 3 N–H and O–H groups in total. The van der Waals surface area contributed by atoms with E-state index >= 15 is 0 Å². The molecular weight excluding hydrogens is 340 g/mol. The van der Waals surface area contributed by atoms with Gasteiger partial charge in [0.1, 0.15) is 0 Å². The molecule has 1 aliphatic carbocycles. The van der Waals surface area contributed by atoms with E-state index in [0.29, 0.717) is 26.1 Å².